The van der Waals surface area contributed by atoms with Crippen molar-refractivity contribution < 1.29 is 23.8 Å². The van der Waals surface area contributed by atoms with Crippen molar-refractivity contribution in [1.29, 1.82) is 0 Å². The van der Waals surface area contributed by atoms with Gasteiger partial charge in [-0.2, -0.15) is 0 Å². The van der Waals surface area contributed by atoms with Gasteiger partial charge in [0.25, 0.3) is 0 Å². The van der Waals surface area contributed by atoms with Crippen LogP contribution in [0.4, 0.5) is 9.59 Å². The molecule has 19 heavy (non-hydrogen) atoms. The van der Waals surface area contributed by atoms with Crippen molar-refractivity contribution >= 4 is 12.3 Å². The fraction of sp³-hybridized carbons (Fsp3) is 0.857. The lowest BCUT2D eigenvalue weighted by Crippen LogP contribution is -2.22. The average molecular weight is 274 g/mol. The van der Waals surface area contributed by atoms with Gasteiger partial charge in [0.15, 0.2) is 0 Å². The maximum absolute atomic E-state index is 11.3. The Bertz CT molecular complexity index is 239. The van der Waals surface area contributed by atoms with Gasteiger partial charge in [0.05, 0.1) is 0 Å². The van der Waals surface area contributed by atoms with E-state index in [2.05, 4.69) is 18.6 Å². The van der Waals surface area contributed by atoms with Gasteiger partial charge in [0.1, 0.15) is 12.2 Å². The van der Waals surface area contributed by atoms with Crippen molar-refractivity contribution in [3.05, 3.63) is 0 Å². The predicted molar refractivity (Wildman–Crippen MR) is 72.0 cm³/mol. The van der Waals surface area contributed by atoms with Crippen LogP contribution >= 0.6 is 0 Å². The summed E-state index contributed by atoms with van der Waals surface area (Å²) >= 11 is 0. The molecule has 0 aromatic rings. The molecule has 0 saturated heterocycles. The zero-order chi connectivity index (χ0) is 14.7. The molecule has 0 rings (SSSR count). The highest BCUT2D eigenvalue weighted by Gasteiger charge is 2.18. The van der Waals surface area contributed by atoms with Crippen molar-refractivity contribution in [3.8, 4) is 0 Å². The average Bonchev–Trinajstić information content (AvgIpc) is 2.33. The maximum Gasteiger partial charge on any atom is 0.518 e. The summed E-state index contributed by atoms with van der Waals surface area (Å²) in [5.41, 5.74) is 0. The van der Waals surface area contributed by atoms with E-state index in [4.69, 9.17) is 9.47 Å². The summed E-state index contributed by atoms with van der Waals surface area (Å²) in [6.07, 6.45) is 3.02. The highest BCUT2D eigenvalue weighted by molar-refractivity contribution is 5.77. The van der Waals surface area contributed by atoms with E-state index >= 15 is 0 Å². The van der Waals surface area contributed by atoms with Gasteiger partial charge in [-0.25, -0.2) is 9.59 Å². The van der Waals surface area contributed by atoms with E-state index in [1.54, 1.807) is 13.8 Å². The first-order valence-electron chi connectivity index (χ1n) is 7.08. The Kier molecular flexibility index (Phi) is 9.94. The molecule has 0 amide bonds. The molecule has 2 atom stereocenters. The van der Waals surface area contributed by atoms with Gasteiger partial charge in [-0.05, 0) is 26.7 Å². The van der Waals surface area contributed by atoms with E-state index in [-0.39, 0.29) is 12.2 Å². The molecule has 0 spiro atoms. The Morgan fingerprint density at radius 3 is 1.53 bits per heavy atom. The van der Waals surface area contributed by atoms with Crippen molar-refractivity contribution in [2.24, 2.45) is 0 Å². The molecule has 112 valence electrons. The third kappa shape index (κ3) is 10.4. The van der Waals surface area contributed by atoms with E-state index in [1.807, 2.05) is 0 Å². The largest absolute Gasteiger partial charge is 0.518 e. The van der Waals surface area contributed by atoms with Gasteiger partial charge >= 0.3 is 12.3 Å². The molecule has 0 aliphatic rings. The zero-order valence-electron chi connectivity index (χ0n) is 12.4. The molecule has 0 saturated carbocycles. The van der Waals surface area contributed by atoms with Crippen LogP contribution in [0.5, 0.6) is 0 Å². The third-order valence-electron chi connectivity index (χ3n) is 2.69. The van der Waals surface area contributed by atoms with E-state index in [9.17, 15) is 9.59 Å². The molecule has 0 N–H and O–H groups in total. The van der Waals surface area contributed by atoms with Crippen LogP contribution < -0.4 is 0 Å². The summed E-state index contributed by atoms with van der Waals surface area (Å²) < 4.78 is 14.3. The molecular formula is C14H26O5. The number of carbonyl (C=O) groups is 2. The lowest BCUT2D eigenvalue weighted by atomic mass is 10.2. The molecule has 2 unspecified atom stereocenters. The Morgan fingerprint density at radius 1 is 0.842 bits per heavy atom. The summed E-state index contributed by atoms with van der Waals surface area (Å²) in [7, 11) is 0. The standard InChI is InChI=1S/C14H26O5/c1-5-7-9-11(3)17-13(15)19-14(16)18-12(4)10-8-6-2/h11-12H,5-10H2,1-4H3. The van der Waals surface area contributed by atoms with Crippen LogP contribution in [0.2, 0.25) is 0 Å². The van der Waals surface area contributed by atoms with Gasteiger partial charge in [0, 0.05) is 0 Å². The fourth-order valence-electron chi connectivity index (χ4n) is 1.55. The zero-order valence-corrected chi connectivity index (χ0v) is 12.4. The summed E-state index contributed by atoms with van der Waals surface area (Å²) in [5.74, 6) is 0. The molecular weight excluding hydrogens is 248 g/mol. The second-order valence-corrected chi connectivity index (χ2v) is 4.74. The summed E-state index contributed by atoms with van der Waals surface area (Å²) in [6, 6.07) is 0. The molecule has 0 bridgehead atoms. The fourth-order valence-corrected chi connectivity index (χ4v) is 1.55. The van der Waals surface area contributed by atoms with Gasteiger partial charge in [-0.15, -0.1) is 0 Å². The summed E-state index contributed by atoms with van der Waals surface area (Å²) in [5, 5.41) is 0. The second-order valence-electron chi connectivity index (χ2n) is 4.74. The Morgan fingerprint density at radius 2 is 1.21 bits per heavy atom. The molecule has 0 heterocycles. The topological polar surface area (TPSA) is 61.8 Å². The first kappa shape index (κ1) is 17.7. The third-order valence-corrected chi connectivity index (χ3v) is 2.69. The maximum atomic E-state index is 11.3. The van der Waals surface area contributed by atoms with Crippen LogP contribution in [-0.4, -0.2) is 24.5 Å². The molecule has 0 aromatic heterocycles. The first-order chi connectivity index (χ1) is 8.99. The second kappa shape index (κ2) is 10.6. The number of unbranched alkanes of at least 4 members (excludes halogenated alkanes) is 2. The molecule has 0 aromatic carbocycles. The van der Waals surface area contributed by atoms with Crippen LogP contribution in [-0.2, 0) is 14.2 Å². The lowest BCUT2D eigenvalue weighted by molar-refractivity contribution is 0.00486. The van der Waals surface area contributed by atoms with E-state index in [1.165, 1.54) is 0 Å². The minimum Gasteiger partial charge on any atom is -0.431 e. The minimum absolute atomic E-state index is 0.252. The Hall–Kier alpha value is -1.26. The van der Waals surface area contributed by atoms with Crippen LogP contribution in [0.25, 0.3) is 0 Å². The smallest absolute Gasteiger partial charge is 0.431 e. The van der Waals surface area contributed by atoms with Gasteiger partial charge in [0.2, 0.25) is 0 Å². The minimum atomic E-state index is -0.990. The predicted octanol–water partition coefficient (Wildman–Crippen LogP) is 4.43. The SMILES string of the molecule is CCCCC(C)OC(=O)OC(=O)OC(C)CCCC. The van der Waals surface area contributed by atoms with Crippen LogP contribution in [0.3, 0.4) is 0 Å². The molecule has 0 aliphatic carbocycles. The number of hydrogen-bond donors (Lipinski definition) is 0. The molecule has 5 nitrogen and oxygen atoms in total. The highest BCUT2D eigenvalue weighted by atomic mass is 16.8. The summed E-state index contributed by atoms with van der Waals surface area (Å²) in [4.78, 5) is 22.6. The number of rotatable bonds is 8. The van der Waals surface area contributed by atoms with Crippen LogP contribution in [0.1, 0.15) is 66.2 Å². The highest BCUT2D eigenvalue weighted by Crippen LogP contribution is 2.08. The first-order valence-corrected chi connectivity index (χ1v) is 7.08. The Balaban J connectivity index is 3.82. The normalized spacial score (nSPS) is 13.5. The van der Waals surface area contributed by atoms with Crippen molar-refractivity contribution in [1.82, 2.24) is 0 Å². The molecule has 0 fully saturated rings. The van der Waals surface area contributed by atoms with E-state index in [0.29, 0.717) is 0 Å². The number of carbonyl (C=O) groups excluding carboxylic acids is 2. The van der Waals surface area contributed by atoms with Gasteiger partial charge in [-0.3, -0.25) is 0 Å². The number of ether oxygens (including phenoxy) is 3. The van der Waals surface area contributed by atoms with Crippen molar-refractivity contribution in [2.45, 2.75) is 78.4 Å². The van der Waals surface area contributed by atoms with Crippen LogP contribution in [0, 0.1) is 0 Å². The molecule has 5 heteroatoms. The van der Waals surface area contributed by atoms with Gasteiger partial charge < -0.3 is 14.2 Å². The quantitative estimate of drug-likeness (QED) is 0.484. The van der Waals surface area contributed by atoms with Crippen molar-refractivity contribution in [3.63, 3.8) is 0 Å². The monoisotopic (exact) mass is 274 g/mol. The van der Waals surface area contributed by atoms with E-state index < -0.39 is 12.3 Å². The Labute approximate surface area is 115 Å². The van der Waals surface area contributed by atoms with Crippen molar-refractivity contribution in [2.75, 3.05) is 0 Å². The lowest BCUT2D eigenvalue weighted by Gasteiger charge is -2.14. The molecule has 0 radical (unpaired) electrons. The van der Waals surface area contributed by atoms with Crippen LogP contribution in [0.15, 0.2) is 0 Å². The molecule has 0 aliphatic heterocycles. The van der Waals surface area contributed by atoms with E-state index in [0.717, 1.165) is 38.5 Å². The number of hydrogen-bond acceptors (Lipinski definition) is 5. The summed E-state index contributed by atoms with van der Waals surface area (Å²) in [6.45, 7) is 7.65. The van der Waals surface area contributed by atoms with Gasteiger partial charge in [-0.1, -0.05) is 39.5 Å².